The summed E-state index contributed by atoms with van der Waals surface area (Å²) in [7, 11) is 0. The van der Waals surface area contributed by atoms with E-state index in [4.69, 9.17) is 4.52 Å². The van der Waals surface area contributed by atoms with Crippen molar-refractivity contribution in [2.45, 2.75) is 44.6 Å². The Kier molecular flexibility index (Phi) is 5.31. The second-order valence-corrected chi connectivity index (χ2v) is 8.09. The minimum absolute atomic E-state index is 0.236. The van der Waals surface area contributed by atoms with Crippen molar-refractivity contribution in [1.29, 1.82) is 0 Å². The molecular weight excluding hydrogens is 364 g/mol. The van der Waals surface area contributed by atoms with Crippen LogP contribution >= 0.6 is 11.3 Å². The summed E-state index contributed by atoms with van der Waals surface area (Å²) in [5.41, 5.74) is 1.67. The minimum Gasteiger partial charge on any atom is -0.386 e. The second kappa shape index (κ2) is 7.85. The summed E-state index contributed by atoms with van der Waals surface area (Å²) in [6, 6.07) is 11.7. The first-order chi connectivity index (χ1) is 13.1. The molecule has 0 bridgehead atoms. The third-order valence-corrected chi connectivity index (χ3v) is 5.92. The molecule has 2 heterocycles. The first-order valence-electron chi connectivity index (χ1n) is 9.05. The Morgan fingerprint density at radius 3 is 2.70 bits per heavy atom. The molecule has 1 aliphatic rings. The molecule has 0 amide bonds. The highest BCUT2D eigenvalue weighted by Gasteiger charge is 2.32. The van der Waals surface area contributed by atoms with Crippen molar-refractivity contribution in [3.63, 3.8) is 0 Å². The fraction of sp³-hybridized carbons (Fsp3) is 0.421. The Bertz CT molecular complexity index is 874. The Morgan fingerprint density at radius 1 is 1.22 bits per heavy atom. The number of rotatable bonds is 7. The lowest BCUT2D eigenvalue weighted by Gasteiger charge is -2.36. The predicted octanol–water partition coefficient (Wildman–Crippen LogP) is 2.85. The highest BCUT2D eigenvalue weighted by Crippen LogP contribution is 2.33. The number of hydrogen-bond donors (Lipinski definition) is 3. The van der Waals surface area contributed by atoms with Crippen molar-refractivity contribution in [1.82, 2.24) is 20.7 Å². The first-order valence-corrected chi connectivity index (χ1v) is 9.86. The summed E-state index contributed by atoms with van der Waals surface area (Å²) in [6.45, 7) is 1.70. The van der Waals surface area contributed by atoms with Crippen LogP contribution in [0.15, 0.2) is 40.9 Å². The van der Waals surface area contributed by atoms with E-state index in [0.29, 0.717) is 22.4 Å². The van der Waals surface area contributed by atoms with Gasteiger partial charge in [-0.1, -0.05) is 46.8 Å². The zero-order valence-electron chi connectivity index (χ0n) is 14.9. The fourth-order valence-corrected chi connectivity index (χ4v) is 4.17. The number of nitrogens with one attached hydrogen (secondary N) is 1. The summed E-state index contributed by atoms with van der Waals surface area (Å²) in [5, 5.41) is 36.9. The highest BCUT2D eigenvalue weighted by molar-refractivity contribution is 7.11. The molecule has 2 aromatic heterocycles. The van der Waals surface area contributed by atoms with Crippen LogP contribution in [0.5, 0.6) is 0 Å². The van der Waals surface area contributed by atoms with Crippen LogP contribution < -0.4 is 5.32 Å². The summed E-state index contributed by atoms with van der Waals surface area (Å²) in [4.78, 5) is 0. The average Bonchev–Trinajstić information content (AvgIpc) is 3.30. The summed E-state index contributed by atoms with van der Waals surface area (Å²) < 4.78 is 5.30. The number of aliphatic hydroxyl groups excluding tert-OH is 2. The van der Waals surface area contributed by atoms with E-state index < -0.39 is 12.3 Å². The van der Waals surface area contributed by atoms with Gasteiger partial charge in [-0.15, -0.1) is 10.2 Å². The van der Waals surface area contributed by atoms with Gasteiger partial charge < -0.3 is 14.7 Å². The average molecular weight is 386 g/mol. The molecule has 8 heteroatoms. The van der Waals surface area contributed by atoms with Gasteiger partial charge in [0.1, 0.15) is 21.8 Å². The quantitative estimate of drug-likeness (QED) is 0.536. The van der Waals surface area contributed by atoms with E-state index in [1.165, 1.54) is 11.3 Å². The van der Waals surface area contributed by atoms with Gasteiger partial charge in [-0.05, 0) is 25.7 Å². The standard InChI is InChI=1S/C19H22N4O3S/c1-11(24)19-22-21-17(27-19)9-12-7-14(8-12)20-18(25)16-10-15(23-26-16)13-5-3-2-4-6-13/h2-6,10-12,14,18,20,24-25H,7-9H2,1H3/t11-,12-,14+,18?/m1/s1. The molecule has 1 fully saturated rings. The van der Waals surface area contributed by atoms with Gasteiger partial charge in [-0.25, -0.2) is 0 Å². The van der Waals surface area contributed by atoms with Crippen LogP contribution in [0, 0.1) is 5.92 Å². The van der Waals surface area contributed by atoms with E-state index in [1.54, 1.807) is 13.0 Å². The number of benzene rings is 1. The molecule has 7 nitrogen and oxygen atoms in total. The third kappa shape index (κ3) is 4.24. The van der Waals surface area contributed by atoms with Crippen LogP contribution in [0.4, 0.5) is 0 Å². The van der Waals surface area contributed by atoms with Gasteiger partial charge >= 0.3 is 0 Å². The van der Waals surface area contributed by atoms with Crippen molar-refractivity contribution in [3.05, 3.63) is 52.2 Å². The Morgan fingerprint density at radius 2 is 2.00 bits per heavy atom. The van der Waals surface area contributed by atoms with Crippen LogP contribution in [-0.2, 0) is 6.42 Å². The lowest BCUT2D eigenvalue weighted by atomic mass is 9.78. The van der Waals surface area contributed by atoms with Gasteiger partial charge in [0, 0.05) is 24.1 Å². The van der Waals surface area contributed by atoms with E-state index in [-0.39, 0.29) is 6.04 Å². The normalized spacial score (nSPS) is 21.6. The van der Waals surface area contributed by atoms with Crippen molar-refractivity contribution in [2.75, 3.05) is 0 Å². The molecule has 0 spiro atoms. The van der Waals surface area contributed by atoms with Crippen LogP contribution in [-0.4, -0.2) is 31.6 Å². The lowest BCUT2D eigenvalue weighted by molar-refractivity contribution is 0.0627. The molecule has 0 aliphatic heterocycles. The van der Waals surface area contributed by atoms with Gasteiger partial charge in [0.2, 0.25) is 0 Å². The first kappa shape index (κ1) is 18.2. The van der Waals surface area contributed by atoms with E-state index in [1.807, 2.05) is 30.3 Å². The number of aliphatic hydroxyl groups is 2. The second-order valence-electron chi connectivity index (χ2n) is 7.00. The van der Waals surface area contributed by atoms with Gasteiger partial charge in [-0.3, -0.25) is 5.32 Å². The largest absolute Gasteiger partial charge is 0.386 e. The number of nitrogens with zero attached hydrogens (tertiary/aromatic N) is 3. The third-order valence-electron chi connectivity index (χ3n) is 4.80. The molecule has 2 atom stereocenters. The zero-order chi connectivity index (χ0) is 18.8. The van der Waals surface area contributed by atoms with Crippen LogP contribution in [0.2, 0.25) is 0 Å². The molecule has 1 saturated carbocycles. The van der Waals surface area contributed by atoms with E-state index in [2.05, 4.69) is 20.7 Å². The monoisotopic (exact) mass is 386 g/mol. The van der Waals surface area contributed by atoms with Gasteiger partial charge in [0.25, 0.3) is 0 Å². The molecule has 3 N–H and O–H groups in total. The highest BCUT2D eigenvalue weighted by atomic mass is 32.1. The zero-order valence-corrected chi connectivity index (χ0v) is 15.8. The SMILES string of the molecule is C[C@@H](O)c1nnc(C[C@H]2C[C@@H](NC(O)c3cc(-c4ccccc4)no3)C2)s1. The maximum Gasteiger partial charge on any atom is 0.180 e. The molecule has 27 heavy (non-hydrogen) atoms. The predicted molar refractivity (Wildman–Crippen MR) is 101 cm³/mol. The molecule has 1 unspecified atom stereocenters. The van der Waals surface area contributed by atoms with E-state index in [0.717, 1.165) is 29.8 Å². The van der Waals surface area contributed by atoms with Crippen molar-refractivity contribution >= 4 is 11.3 Å². The lowest BCUT2D eigenvalue weighted by Crippen LogP contribution is -2.43. The van der Waals surface area contributed by atoms with Crippen molar-refractivity contribution in [3.8, 4) is 11.3 Å². The van der Waals surface area contributed by atoms with E-state index in [9.17, 15) is 10.2 Å². The maximum atomic E-state index is 10.4. The maximum absolute atomic E-state index is 10.4. The number of aromatic nitrogens is 3. The van der Waals surface area contributed by atoms with E-state index >= 15 is 0 Å². The molecule has 3 aromatic rings. The smallest absolute Gasteiger partial charge is 0.180 e. The number of hydrogen-bond acceptors (Lipinski definition) is 8. The van der Waals surface area contributed by atoms with Gasteiger partial charge in [0.15, 0.2) is 12.0 Å². The van der Waals surface area contributed by atoms with Crippen molar-refractivity contribution < 1.29 is 14.7 Å². The fourth-order valence-electron chi connectivity index (χ4n) is 3.27. The van der Waals surface area contributed by atoms with Crippen LogP contribution in [0.1, 0.15) is 47.9 Å². The van der Waals surface area contributed by atoms with Crippen molar-refractivity contribution in [2.24, 2.45) is 5.92 Å². The molecular formula is C19H22N4O3S. The van der Waals surface area contributed by atoms with Crippen LogP contribution in [0.3, 0.4) is 0 Å². The Hall–Kier alpha value is -2.13. The summed E-state index contributed by atoms with van der Waals surface area (Å²) in [5.74, 6) is 0.933. The Balaban J connectivity index is 1.26. The molecule has 4 rings (SSSR count). The molecule has 0 saturated heterocycles. The van der Waals surface area contributed by atoms with Crippen LogP contribution in [0.25, 0.3) is 11.3 Å². The van der Waals surface area contributed by atoms with Gasteiger partial charge in [-0.2, -0.15) is 0 Å². The molecule has 1 aromatic carbocycles. The molecule has 1 aliphatic carbocycles. The van der Waals surface area contributed by atoms with Gasteiger partial charge in [0.05, 0.1) is 0 Å². The minimum atomic E-state index is -0.871. The molecule has 0 radical (unpaired) electrons. The molecule has 142 valence electrons. The summed E-state index contributed by atoms with van der Waals surface area (Å²) >= 11 is 1.47. The summed E-state index contributed by atoms with van der Waals surface area (Å²) in [6.07, 6.45) is 1.34. The topological polar surface area (TPSA) is 104 Å². The Labute approximate surface area is 161 Å².